The lowest BCUT2D eigenvalue weighted by Gasteiger charge is -2.31. The van der Waals surface area contributed by atoms with Crippen molar-refractivity contribution in [2.24, 2.45) is 30.2 Å². The van der Waals surface area contributed by atoms with E-state index in [9.17, 15) is 0 Å². The highest BCUT2D eigenvalue weighted by Gasteiger charge is 2.42. The fourth-order valence-corrected chi connectivity index (χ4v) is 4.80. The molecule has 4 rings (SSSR count). The first-order valence-corrected chi connectivity index (χ1v) is 10.9. The maximum atomic E-state index is 6.20. The molecule has 0 N–H and O–H groups in total. The summed E-state index contributed by atoms with van der Waals surface area (Å²) in [6, 6.07) is 3.93. The van der Waals surface area contributed by atoms with Crippen LogP contribution in [0.5, 0.6) is 5.88 Å². The van der Waals surface area contributed by atoms with Crippen molar-refractivity contribution in [2.75, 3.05) is 19.6 Å². The molecule has 158 valence electrons. The Morgan fingerprint density at radius 1 is 1.14 bits per heavy atom. The van der Waals surface area contributed by atoms with Crippen molar-refractivity contribution in [2.45, 2.75) is 53.6 Å². The molecule has 1 saturated heterocycles. The zero-order chi connectivity index (χ0) is 20.8. The molecule has 3 heterocycles. The van der Waals surface area contributed by atoms with E-state index in [-0.39, 0.29) is 6.10 Å². The zero-order valence-electron chi connectivity index (χ0n) is 18.7. The first kappa shape index (κ1) is 20.3. The summed E-state index contributed by atoms with van der Waals surface area (Å²) in [5, 5.41) is 13.1. The van der Waals surface area contributed by atoms with Gasteiger partial charge in [0.25, 0.3) is 0 Å². The van der Waals surface area contributed by atoms with Crippen LogP contribution in [0, 0.1) is 30.1 Å². The smallest absolute Gasteiger partial charge is 0.233 e. The number of hydrogen-bond donors (Lipinski definition) is 0. The fourth-order valence-electron chi connectivity index (χ4n) is 4.80. The second kappa shape index (κ2) is 7.71. The third kappa shape index (κ3) is 4.47. The summed E-state index contributed by atoms with van der Waals surface area (Å²) in [5.74, 6) is 2.87. The van der Waals surface area contributed by atoms with E-state index >= 15 is 0 Å². The molecule has 0 aromatic carbocycles. The minimum Gasteiger partial charge on any atom is -0.473 e. The lowest BCUT2D eigenvalue weighted by atomic mass is 9.82. The standard InChI is InChI=1S/C23H35N5O/c1-15(23(3,4)5)11-28-12-17-9-19(10-18(17)13-28)29-22-8-7-21(24-25-22)20-14-27(6)26-16(20)2/h7-8,14-15,17-19H,9-13H2,1-6H3/t15?,17-,18+,19-. The molecule has 1 unspecified atom stereocenters. The number of aryl methyl sites for hydroxylation is 2. The molecule has 4 atom stereocenters. The van der Waals surface area contributed by atoms with Gasteiger partial charge in [-0.25, -0.2) is 0 Å². The van der Waals surface area contributed by atoms with Gasteiger partial charge in [0, 0.05) is 44.5 Å². The quantitative estimate of drug-likeness (QED) is 0.764. The highest BCUT2D eigenvalue weighted by Crippen LogP contribution is 2.40. The number of rotatable bonds is 5. The zero-order valence-corrected chi connectivity index (χ0v) is 18.7. The normalized spacial score (nSPS) is 25.9. The summed E-state index contributed by atoms with van der Waals surface area (Å²) in [6.45, 7) is 15.1. The molecule has 0 amide bonds. The number of ether oxygens (including phenoxy) is 1. The van der Waals surface area contributed by atoms with Gasteiger partial charge in [-0.2, -0.15) is 5.10 Å². The van der Waals surface area contributed by atoms with Crippen LogP contribution in [0.4, 0.5) is 0 Å². The van der Waals surface area contributed by atoms with Gasteiger partial charge in [0.1, 0.15) is 6.10 Å². The van der Waals surface area contributed by atoms with Gasteiger partial charge in [-0.3, -0.25) is 4.68 Å². The van der Waals surface area contributed by atoms with Gasteiger partial charge >= 0.3 is 0 Å². The first-order chi connectivity index (χ1) is 13.7. The van der Waals surface area contributed by atoms with Crippen LogP contribution < -0.4 is 4.74 Å². The minimum atomic E-state index is 0.271. The molecule has 1 saturated carbocycles. The highest BCUT2D eigenvalue weighted by atomic mass is 16.5. The Labute approximate surface area is 174 Å². The van der Waals surface area contributed by atoms with Gasteiger partial charge in [-0.05, 0) is 49.0 Å². The van der Waals surface area contributed by atoms with Crippen LogP contribution in [0.2, 0.25) is 0 Å². The molecule has 0 radical (unpaired) electrons. The van der Waals surface area contributed by atoms with Crippen LogP contribution in [0.1, 0.15) is 46.2 Å². The van der Waals surface area contributed by atoms with E-state index < -0.39 is 0 Å². The second-order valence-electron chi connectivity index (χ2n) is 10.3. The van der Waals surface area contributed by atoms with Gasteiger partial charge in [0.2, 0.25) is 5.88 Å². The minimum absolute atomic E-state index is 0.271. The number of hydrogen-bond acceptors (Lipinski definition) is 5. The van der Waals surface area contributed by atoms with E-state index in [0.717, 1.165) is 41.6 Å². The van der Waals surface area contributed by atoms with Crippen LogP contribution in [0.15, 0.2) is 18.3 Å². The molecule has 29 heavy (non-hydrogen) atoms. The maximum Gasteiger partial charge on any atom is 0.233 e. The predicted octanol–water partition coefficient (Wildman–Crippen LogP) is 3.96. The Kier molecular flexibility index (Phi) is 5.40. The molecular weight excluding hydrogens is 362 g/mol. The molecule has 2 aliphatic rings. The van der Waals surface area contributed by atoms with Crippen LogP contribution in [-0.4, -0.2) is 50.6 Å². The number of likely N-dealkylation sites (tertiary alicyclic amines) is 1. The summed E-state index contributed by atoms with van der Waals surface area (Å²) < 4.78 is 8.00. The van der Waals surface area contributed by atoms with Crippen LogP contribution >= 0.6 is 0 Å². The van der Waals surface area contributed by atoms with Gasteiger partial charge in [-0.1, -0.05) is 27.7 Å². The van der Waals surface area contributed by atoms with Crippen LogP contribution in [-0.2, 0) is 7.05 Å². The van der Waals surface area contributed by atoms with Crippen molar-refractivity contribution in [3.05, 3.63) is 24.0 Å². The third-order valence-corrected chi connectivity index (χ3v) is 7.01. The van der Waals surface area contributed by atoms with Crippen molar-refractivity contribution < 1.29 is 4.74 Å². The largest absolute Gasteiger partial charge is 0.473 e. The van der Waals surface area contributed by atoms with Crippen molar-refractivity contribution in [3.8, 4) is 17.1 Å². The Morgan fingerprint density at radius 2 is 1.83 bits per heavy atom. The molecule has 1 aliphatic carbocycles. The van der Waals surface area contributed by atoms with E-state index in [1.165, 1.54) is 19.6 Å². The molecule has 1 aliphatic heterocycles. The average molecular weight is 398 g/mol. The fraction of sp³-hybridized carbons (Fsp3) is 0.696. The first-order valence-electron chi connectivity index (χ1n) is 10.9. The Hall–Kier alpha value is -1.95. The van der Waals surface area contributed by atoms with Crippen LogP contribution in [0.25, 0.3) is 11.3 Å². The van der Waals surface area contributed by atoms with Gasteiger partial charge < -0.3 is 9.64 Å². The molecule has 6 heteroatoms. The van der Waals surface area contributed by atoms with Crippen LogP contribution in [0.3, 0.4) is 0 Å². The van der Waals surface area contributed by atoms with E-state index in [4.69, 9.17) is 4.74 Å². The highest BCUT2D eigenvalue weighted by molar-refractivity contribution is 5.60. The van der Waals surface area contributed by atoms with Crippen molar-refractivity contribution in [1.82, 2.24) is 24.9 Å². The summed E-state index contributed by atoms with van der Waals surface area (Å²) in [6.07, 6.45) is 4.52. The molecule has 6 nitrogen and oxygen atoms in total. The molecule has 2 aromatic heterocycles. The monoisotopic (exact) mass is 397 g/mol. The third-order valence-electron chi connectivity index (χ3n) is 7.01. The Morgan fingerprint density at radius 3 is 2.34 bits per heavy atom. The van der Waals surface area contributed by atoms with Crippen molar-refractivity contribution in [3.63, 3.8) is 0 Å². The molecule has 0 spiro atoms. The van der Waals surface area contributed by atoms with E-state index in [2.05, 4.69) is 47.9 Å². The topological polar surface area (TPSA) is 56.1 Å². The molecular formula is C23H35N5O. The van der Waals surface area contributed by atoms with Crippen molar-refractivity contribution >= 4 is 0 Å². The second-order valence-corrected chi connectivity index (χ2v) is 10.3. The maximum absolute atomic E-state index is 6.20. The van der Waals surface area contributed by atoms with Gasteiger partial charge in [-0.15, -0.1) is 10.2 Å². The van der Waals surface area contributed by atoms with E-state index in [1.54, 1.807) is 4.68 Å². The van der Waals surface area contributed by atoms with Gasteiger partial charge in [0.15, 0.2) is 0 Å². The van der Waals surface area contributed by atoms with Crippen molar-refractivity contribution in [1.29, 1.82) is 0 Å². The summed E-state index contributed by atoms with van der Waals surface area (Å²) in [5.41, 5.74) is 3.20. The predicted molar refractivity (Wildman–Crippen MR) is 115 cm³/mol. The number of fused-ring (bicyclic) bond motifs is 1. The summed E-state index contributed by atoms with van der Waals surface area (Å²) in [4.78, 5) is 2.67. The molecule has 0 bridgehead atoms. The number of aromatic nitrogens is 4. The average Bonchev–Trinajstić information content (AvgIpc) is 3.27. The Bertz CT molecular complexity index is 824. The SMILES string of the molecule is Cc1nn(C)cc1-c1ccc(O[C@@H]2C[C@@H]3CN(CC(C)C(C)(C)C)C[C@@H]3C2)nn1. The molecule has 2 aromatic rings. The molecule has 2 fully saturated rings. The Balaban J connectivity index is 1.30. The lowest BCUT2D eigenvalue weighted by molar-refractivity contribution is 0.153. The summed E-state index contributed by atoms with van der Waals surface area (Å²) in [7, 11) is 1.92. The van der Waals surface area contributed by atoms with E-state index in [1.807, 2.05) is 32.3 Å². The lowest BCUT2D eigenvalue weighted by Crippen LogP contribution is -2.33. The number of nitrogens with zero attached hydrogens (tertiary/aromatic N) is 5. The summed E-state index contributed by atoms with van der Waals surface area (Å²) >= 11 is 0. The van der Waals surface area contributed by atoms with E-state index in [0.29, 0.717) is 17.2 Å². The van der Waals surface area contributed by atoms with Gasteiger partial charge in [0.05, 0.1) is 11.4 Å².